The molecule has 0 bridgehead atoms. The summed E-state index contributed by atoms with van der Waals surface area (Å²) in [5.41, 5.74) is -5.95. The third kappa shape index (κ3) is 63.9. The minimum Gasteiger partial charge on any atom is -0.550 e. The van der Waals surface area contributed by atoms with Crippen LogP contribution in [0.3, 0.4) is 0 Å². The molecule has 0 amide bonds. The first kappa shape index (κ1) is 136. The average molecular weight is 806 g/mol. The molecular formula is C12H38Ni3O28. The molecule has 0 saturated heterocycles. The van der Waals surface area contributed by atoms with Gasteiger partial charge in [-0.1, -0.05) is 0 Å². The van der Waals surface area contributed by atoms with E-state index >= 15 is 0 Å². The summed E-state index contributed by atoms with van der Waals surface area (Å²) in [5, 5.41) is 77.9. The van der Waals surface area contributed by atoms with Gasteiger partial charge in [0.15, 0.2) is 0 Å². The van der Waals surface area contributed by atoms with Gasteiger partial charge in [0.1, 0.15) is 11.2 Å². The SMILES string of the molecule is O.O.O.O.O.O.O.O.O.O.O.O.O.O.O=C([O-])CC(O)(CC(=O)[O-])C(=O)[O-].O=C([O-])CC(O)(CC(=O)[O-])C(=O)[O-].[Ni+2].[Ni+2].[Ni+2]. The molecule has 0 atom stereocenters. The molecule has 0 saturated carbocycles. The normalized spacial score (nSPS) is 6.56. The first-order valence-corrected chi connectivity index (χ1v) is 6.23. The molecule has 31 heteroatoms. The monoisotopic (exact) mass is 804 g/mol. The number of aliphatic carboxylic acids is 6. The van der Waals surface area contributed by atoms with Crippen LogP contribution in [0.2, 0.25) is 0 Å². The van der Waals surface area contributed by atoms with Crippen LogP contribution in [0.25, 0.3) is 0 Å². The molecule has 0 aromatic carbocycles. The maximum absolute atomic E-state index is 10.1. The van der Waals surface area contributed by atoms with E-state index in [1.807, 2.05) is 0 Å². The maximum Gasteiger partial charge on any atom is 2.00 e. The Bertz CT molecular complexity index is 532. The van der Waals surface area contributed by atoms with Crippen molar-refractivity contribution in [1.29, 1.82) is 0 Å². The Morgan fingerprint density at radius 2 is 0.442 bits per heavy atom. The summed E-state index contributed by atoms with van der Waals surface area (Å²) in [7, 11) is 0. The predicted octanol–water partition coefficient (Wildman–Crippen LogP) is -22.1. The molecule has 28 nitrogen and oxygen atoms in total. The zero-order chi connectivity index (χ0) is 21.3. The standard InChI is InChI=1S/2C6H8O7.3Ni.14H2O/c2*7-3(8)1-6(13,5(11)12)2-4(9)10;;;;;;;;;;;;;;;;;/h2*13H,1-2H2,(H,7,8)(H,9,10)(H,11,12);;;;14*1H2/q;;3*+2;;;;;;;;;;;;;;/p-6. The van der Waals surface area contributed by atoms with E-state index in [-0.39, 0.29) is 126 Å². The van der Waals surface area contributed by atoms with E-state index in [0.29, 0.717) is 0 Å². The molecule has 0 heterocycles. The van der Waals surface area contributed by atoms with Gasteiger partial charge in [-0.05, 0) is 0 Å². The van der Waals surface area contributed by atoms with Crippen molar-refractivity contribution >= 4 is 35.8 Å². The van der Waals surface area contributed by atoms with Gasteiger partial charge in [0, 0.05) is 49.6 Å². The molecule has 0 aliphatic carbocycles. The third-order valence-corrected chi connectivity index (χ3v) is 2.51. The van der Waals surface area contributed by atoms with E-state index in [9.17, 15) is 59.4 Å². The molecule has 284 valence electrons. The zero-order valence-corrected chi connectivity index (χ0v) is 23.5. The van der Waals surface area contributed by atoms with Gasteiger partial charge in [-0.2, -0.15) is 0 Å². The van der Waals surface area contributed by atoms with Crippen molar-refractivity contribution in [2.24, 2.45) is 0 Å². The van der Waals surface area contributed by atoms with Crippen molar-refractivity contribution < 1.29 is 196 Å². The Hall–Kier alpha value is -2.34. The summed E-state index contributed by atoms with van der Waals surface area (Å²) in [4.78, 5) is 60.0. The number of carbonyl (C=O) groups is 6. The molecule has 0 rings (SSSR count). The van der Waals surface area contributed by atoms with Gasteiger partial charge in [-0.25, -0.2) is 0 Å². The Morgan fingerprint density at radius 3 is 0.488 bits per heavy atom. The largest absolute Gasteiger partial charge is 2.00 e. The molecule has 0 aliphatic rings. The van der Waals surface area contributed by atoms with Crippen LogP contribution in [-0.4, -0.2) is 134 Å². The Balaban J connectivity index is -0.0000000113. The van der Waals surface area contributed by atoms with Crippen LogP contribution in [0.15, 0.2) is 0 Å². The Labute approximate surface area is 268 Å². The minimum atomic E-state index is -2.97. The number of hydrogen-bond donors (Lipinski definition) is 2. The second-order valence-electron chi connectivity index (χ2n) is 4.83. The van der Waals surface area contributed by atoms with Crippen molar-refractivity contribution in [3.8, 4) is 0 Å². The zero-order valence-electron chi connectivity index (χ0n) is 20.6. The van der Waals surface area contributed by atoms with E-state index < -0.39 is 72.7 Å². The molecule has 0 aromatic rings. The van der Waals surface area contributed by atoms with E-state index in [0.717, 1.165) is 0 Å². The molecule has 30 N–H and O–H groups in total. The second-order valence-corrected chi connectivity index (χ2v) is 4.83. The third-order valence-electron chi connectivity index (χ3n) is 2.51. The number of rotatable bonds is 10. The summed E-state index contributed by atoms with van der Waals surface area (Å²) < 4.78 is 0. The van der Waals surface area contributed by atoms with Crippen LogP contribution in [-0.2, 0) is 78.2 Å². The van der Waals surface area contributed by atoms with Crippen LogP contribution in [0.5, 0.6) is 0 Å². The summed E-state index contributed by atoms with van der Waals surface area (Å²) in [5.74, 6) is -12.0. The quantitative estimate of drug-likeness (QED) is 0.194. The van der Waals surface area contributed by atoms with Gasteiger partial charge >= 0.3 is 49.5 Å². The average Bonchev–Trinajstić information content (AvgIpc) is 2.34. The summed E-state index contributed by atoms with van der Waals surface area (Å²) >= 11 is 0. The molecule has 0 radical (unpaired) electrons. The topological polar surface area (TPSA) is 722 Å². The van der Waals surface area contributed by atoms with Crippen molar-refractivity contribution in [2.45, 2.75) is 36.9 Å². The van der Waals surface area contributed by atoms with Crippen LogP contribution >= 0.6 is 0 Å². The van der Waals surface area contributed by atoms with Gasteiger partial charge in [0.2, 0.25) is 0 Å². The first-order valence-electron chi connectivity index (χ1n) is 6.23. The van der Waals surface area contributed by atoms with E-state index in [2.05, 4.69) is 0 Å². The van der Waals surface area contributed by atoms with Gasteiger partial charge in [0.25, 0.3) is 0 Å². The van der Waals surface area contributed by atoms with Gasteiger partial charge < -0.3 is 146 Å². The van der Waals surface area contributed by atoms with Crippen molar-refractivity contribution in [2.75, 3.05) is 0 Å². The summed E-state index contributed by atoms with van der Waals surface area (Å²) in [6.45, 7) is 0. The van der Waals surface area contributed by atoms with Crippen LogP contribution < -0.4 is 30.6 Å². The molecule has 0 spiro atoms. The number of hydrogen-bond acceptors (Lipinski definition) is 14. The molecule has 0 unspecified atom stereocenters. The fourth-order valence-electron chi connectivity index (χ4n) is 1.37. The maximum atomic E-state index is 10.1. The number of carboxylic acid groups (broad SMARTS) is 6. The van der Waals surface area contributed by atoms with Gasteiger partial charge in [-0.15, -0.1) is 0 Å². The fourth-order valence-corrected chi connectivity index (χ4v) is 1.37. The fraction of sp³-hybridized carbons (Fsp3) is 0.500. The minimum absolute atomic E-state index is 0. The van der Waals surface area contributed by atoms with E-state index in [1.165, 1.54) is 0 Å². The van der Waals surface area contributed by atoms with Crippen molar-refractivity contribution in [1.82, 2.24) is 0 Å². The summed E-state index contributed by atoms with van der Waals surface area (Å²) in [6.07, 6.45) is -5.43. The Kier molecular flexibility index (Phi) is 187. The molecule has 0 fully saturated rings. The van der Waals surface area contributed by atoms with Gasteiger partial charge in [-0.3, -0.25) is 0 Å². The van der Waals surface area contributed by atoms with Crippen LogP contribution in [0, 0.1) is 0 Å². The smallest absolute Gasteiger partial charge is 0.550 e. The molecule has 43 heavy (non-hydrogen) atoms. The van der Waals surface area contributed by atoms with Crippen LogP contribution in [0.1, 0.15) is 25.7 Å². The number of carbonyl (C=O) groups excluding carboxylic acids is 6. The van der Waals surface area contributed by atoms with E-state index in [1.54, 1.807) is 0 Å². The van der Waals surface area contributed by atoms with Crippen molar-refractivity contribution in [3.63, 3.8) is 0 Å². The number of aliphatic hydroxyl groups is 2. The molecule has 0 aromatic heterocycles. The number of carboxylic acids is 6. The molecular weight excluding hydrogens is 768 g/mol. The Morgan fingerprint density at radius 1 is 0.349 bits per heavy atom. The summed E-state index contributed by atoms with van der Waals surface area (Å²) in [6, 6.07) is 0. The second kappa shape index (κ2) is 59.1. The van der Waals surface area contributed by atoms with Gasteiger partial charge in [0.05, 0.1) is 11.9 Å². The van der Waals surface area contributed by atoms with Crippen molar-refractivity contribution in [3.05, 3.63) is 0 Å². The predicted molar refractivity (Wildman–Crippen MR) is 109 cm³/mol. The molecule has 0 aliphatic heterocycles. The first-order chi connectivity index (χ1) is 11.6. The van der Waals surface area contributed by atoms with Crippen LogP contribution in [0.4, 0.5) is 0 Å². The van der Waals surface area contributed by atoms with E-state index in [4.69, 9.17) is 10.2 Å².